The number of anilines is 1. The topological polar surface area (TPSA) is 73.9 Å². The first kappa shape index (κ1) is 18.3. The van der Waals surface area contributed by atoms with Gasteiger partial charge >= 0.3 is 5.97 Å². The zero-order valence-corrected chi connectivity index (χ0v) is 14.7. The molecule has 2 aromatic carbocycles. The zero-order chi connectivity index (χ0) is 18.4. The van der Waals surface area contributed by atoms with Gasteiger partial charge in [0.15, 0.2) is 18.1 Å². The van der Waals surface area contributed by atoms with E-state index >= 15 is 0 Å². The minimum Gasteiger partial charge on any atom is -0.493 e. The van der Waals surface area contributed by atoms with Crippen molar-refractivity contribution in [2.75, 3.05) is 26.1 Å². The van der Waals surface area contributed by atoms with Crippen LogP contribution in [0.5, 0.6) is 11.5 Å². The maximum Gasteiger partial charge on any atom is 0.338 e. The Morgan fingerprint density at radius 2 is 1.68 bits per heavy atom. The molecule has 0 aliphatic rings. The van der Waals surface area contributed by atoms with E-state index in [2.05, 4.69) is 5.32 Å². The lowest BCUT2D eigenvalue weighted by atomic mass is 10.1. The summed E-state index contributed by atoms with van der Waals surface area (Å²) in [6.45, 7) is 3.33. The largest absolute Gasteiger partial charge is 0.493 e. The van der Waals surface area contributed by atoms with Crippen LogP contribution < -0.4 is 14.8 Å². The Kier molecular flexibility index (Phi) is 6.00. The Balaban J connectivity index is 1.96. The van der Waals surface area contributed by atoms with Gasteiger partial charge in [0.05, 0.1) is 19.8 Å². The minimum atomic E-state index is -0.524. The fourth-order valence-electron chi connectivity index (χ4n) is 2.28. The third-order valence-electron chi connectivity index (χ3n) is 3.61. The molecule has 132 valence electrons. The zero-order valence-electron chi connectivity index (χ0n) is 14.7. The van der Waals surface area contributed by atoms with Gasteiger partial charge in [0.25, 0.3) is 5.91 Å². The molecule has 0 saturated heterocycles. The standard InChI is InChI=1S/C19H21NO5/c1-12-5-6-13(2)15(9-12)19(22)25-11-18(21)20-14-7-8-16(23-3)17(10-14)24-4/h5-10H,11H2,1-4H3,(H,20,21). The molecule has 0 radical (unpaired) electrons. The van der Waals surface area contributed by atoms with E-state index in [9.17, 15) is 9.59 Å². The first-order valence-corrected chi connectivity index (χ1v) is 7.71. The monoisotopic (exact) mass is 343 g/mol. The highest BCUT2D eigenvalue weighted by Gasteiger charge is 2.13. The molecule has 2 aromatic rings. The van der Waals surface area contributed by atoms with Crippen LogP contribution in [-0.2, 0) is 9.53 Å². The highest BCUT2D eigenvalue weighted by Crippen LogP contribution is 2.29. The molecule has 0 bridgehead atoms. The van der Waals surface area contributed by atoms with Crippen LogP contribution in [0.1, 0.15) is 21.5 Å². The van der Waals surface area contributed by atoms with E-state index in [-0.39, 0.29) is 6.61 Å². The lowest BCUT2D eigenvalue weighted by Crippen LogP contribution is -2.21. The van der Waals surface area contributed by atoms with E-state index < -0.39 is 11.9 Å². The van der Waals surface area contributed by atoms with Gasteiger partial charge in [-0.05, 0) is 37.6 Å². The number of carbonyl (C=O) groups excluding carboxylic acids is 2. The molecule has 1 amide bonds. The highest BCUT2D eigenvalue weighted by molar-refractivity contribution is 5.96. The molecule has 0 aliphatic heterocycles. The second-order valence-corrected chi connectivity index (χ2v) is 5.51. The van der Waals surface area contributed by atoms with Crippen LogP contribution in [-0.4, -0.2) is 32.7 Å². The van der Waals surface area contributed by atoms with E-state index in [1.807, 2.05) is 26.0 Å². The summed E-state index contributed by atoms with van der Waals surface area (Å²) in [5, 5.41) is 2.65. The van der Waals surface area contributed by atoms with Gasteiger partial charge in [-0.15, -0.1) is 0 Å². The summed E-state index contributed by atoms with van der Waals surface area (Å²) in [7, 11) is 3.04. The van der Waals surface area contributed by atoms with Gasteiger partial charge in [-0.3, -0.25) is 4.79 Å². The number of rotatable bonds is 6. The lowest BCUT2D eigenvalue weighted by Gasteiger charge is -2.11. The molecule has 6 heteroatoms. The van der Waals surface area contributed by atoms with Crippen molar-refractivity contribution < 1.29 is 23.8 Å². The maximum absolute atomic E-state index is 12.1. The average Bonchev–Trinajstić information content (AvgIpc) is 2.61. The van der Waals surface area contributed by atoms with Crippen molar-refractivity contribution in [1.82, 2.24) is 0 Å². The van der Waals surface area contributed by atoms with Gasteiger partial charge in [-0.1, -0.05) is 17.7 Å². The number of ether oxygens (including phenoxy) is 3. The van der Waals surface area contributed by atoms with Gasteiger partial charge in [0.2, 0.25) is 0 Å². The van der Waals surface area contributed by atoms with E-state index in [0.29, 0.717) is 22.7 Å². The van der Waals surface area contributed by atoms with Gasteiger partial charge < -0.3 is 19.5 Å². The fourth-order valence-corrected chi connectivity index (χ4v) is 2.28. The molecule has 0 atom stereocenters. The van der Waals surface area contributed by atoms with Crippen molar-refractivity contribution in [3.05, 3.63) is 53.1 Å². The number of aryl methyl sites for hydroxylation is 2. The molecule has 1 N–H and O–H groups in total. The Morgan fingerprint density at radius 3 is 2.36 bits per heavy atom. The number of hydrogen-bond donors (Lipinski definition) is 1. The summed E-state index contributed by atoms with van der Waals surface area (Å²) in [6.07, 6.45) is 0. The van der Waals surface area contributed by atoms with Gasteiger partial charge in [0.1, 0.15) is 0 Å². The predicted octanol–water partition coefficient (Wildman–Crippen LogP) is 3.12. The van der Waals surface area contributed by atoms with Crippen molar-refractivity contribution in [3.63, 3.8) is 0 Å². The van der Waals surface area contributed by atoms with E-state index in [1.165, 1.54) is 14.2 Å². The second kappa shape index (κ2) is 8.19. The molecule has 0 unspecified atom stereocenters. The fraction of sp³-hybridized carbons (Fsp3) is 0.263. The molecule has 0 aromatic heterocycles. The molecule has 0 saturated carbocycles. The number of benzene rings is 2. The summed E-state index contributed by atoms with van der Waals surface area (Å²) in [5.74, 6) is 0.0871. The van der Waals surface area contributed by atoms with Crippen LogP contribution in [0.25, 0.3) is 0 Å². The number of esters is 1. The van der Waals surface area contributed by atoms with Crippen LogP contribution in [0.3, 0.4) is 0 Å². The predicted molar refractivity (Wildman–Crippen MR) is 94.4 cm³/mol. The third-order valence-corrected chi connectivity index (χ3v) is 3.61. The van der Waals surface area contributed by atoms with Crippen molar-refractivity contribution >= 4 is 17.6 Å². The summed E-state index contributed by atoms with van der Waals surface area (Å²) in [5.41, 5.74) is 2.73. The minimum absolute atomic E-state index is 0.374. The van der Waals surface area contributed by atoms with Crippen LogP contribution in [0.4, 0.5) is 5.69 Å². The van der Waals surface area contributed by atoms with E-state index in [0.717, 1.165) is 11.1 Å². The smallest absolute Gasteiger partial charge is 0.338 e. The Bertz CT molecular complexity index is 785. The molecule has 0 heterocycles. The van der Waals surface area contributed by atoms with Crippen molar-refractivity contribution in [1.29, 1.82) is 0 Å². The van der Waals surface area contributed by atoms with E-state index in [1.54, 1.807) is 24.3 Å². The van der Waals surface area contributed by atoms with Crippen LogP contribution in [0.15, 0.2) is 36.4 Å². The molecule has 0 fully saturated rings. The Morgan fingerprint density at radius 1 is 0.960 bits per heavy atom. The number of nitrogens with one attached hydrogen (secondary N) is 1. The van der Waals surface area contributed by atoms with Crippen LogP contribution in [0.2, 0.25) is 0 Å². The summed E-state index contributed by atoms with van der Waals surface area (Å²) in [4.78, 5) is 24.1. The summed E-state index contributed by atoms with van der Waals surface area (Å²) < 4.78 is 15.4. The second-order valence-electron chi connectivity index (χ2n) is 5.51. The first-order valence-electron chi connectivity index (χ1n) is 7.71. The molecular weight excluding hydrogens is 322 g/mol. The molecule has 6 nitrogen and oxygen atoms in total. The Hall–Kier alpha value is -3.02. The van der Waals surface area contributed by atoms with Crippen molar-refractivity contribution in [2.24, 2.45) is 0 Å². The first-order chi connectivity index (χ1) is 11.9. The van der Waals surface area contributed by atoms with Crippen molar-refractivity contribution in [3.8, 4) is 11.5 Å². The third kappa shape index (κ3) is 4.73. The molecule has 25 heavy (non-hydrogen) atoms. The maximum atomic E-state index is 12.1. The van der Waals surface area contributed by atoms with Crippen LogP contribution >= 0.6 is 0 Å². The average molecular weight is 343 g/mol. The normalized spacial score (nSPS) is 10.1. The molecular formula is C19H21NO5. The lowest BCUT2D eigenvalue weighted by molar-refractivity contribution is -0.119. The van der Waals surface area contributed by atoms with Gasteiger partial charge in [-0.2, -0.15) is 0 Å². The van der Waals surface area contributed by atoms with Gasteiger partial charge in [-0.25, -0.2) is 4.79 Å². The number of amides is 1. The molecule has 2 rings (SSSR count). The SMILES string of the molecule is COc1ccc(NC(=O)COC(=O)c2cc(C)ccc2C)cc1OC. The quantitative estimate of drug-likeness (QED) is 0.816. The van der Waals surface area contributed by atoms with Crippen LogP contribution in [0, 0.1) is 13.8 Å². The number of carbonyl (C=O) groups is 2. The van der Waals surface area contributed by atoms with Gasteiger partial charge in [0, 0.05) is 11.8 Å². The molecule has 0 aliphatic carbocycles. The van der Waals surface area contributed by atoms with Crippen molar-refractivity contribution in [2.45, 2.75) is 13.8 Å². The highest BCUT2D eigenvalue weighted by atomic mass is 16.5. The van der Waals surface area contributed by atoms with E-state index in [4.69, 9.17) is 14.2 Å². The number of methoxy groups -OCH3 is 2. The molecule has 0 spiro atoms. The summed E-state index contributed by atoms with van der Waals surface area (Å²) in [6, 6.07) is 10.5. The number of hydrogen-bond acceptors (Lipinski definition) is 5. The summed E-state index contributed by atoms with van der Waals surface area (Å²) >= 11 is 0. The Labute approximate surface area is 146 Å².